The predicted molar refractivity (Wildman–Crippen MR) is 102 cm³/mol. The van der Waals surface area contributed by atoms with Crippen LogP contribution in [0.1, 0.15) is 18.4 Å². The molecule has 0 bridgehead atoms. The molecule has 6 nitrogen and oxygen atoms in total. The first-order chi connectivity index (χ1) is 12.9. The first kappa shape index (κ1) is 17.7. The second-order valence-electron chi connectivity index (χ2n) is 6.78. The molecule has 2 aliphatic rings. The summed E-state index contributed by atoms with van der Waals surface area (Å²) in [6.07, 6.45) is 3.18. The van der Waals surface area contributed by atoms with Gasteiger partial charge in [0, 0.05) is 18.4 Å². The molecule has 1 aromatic carbocycles. The van der Waals surface area contributed by atoms with Crippen LogP contribution in [-0.2, 0) is 9.59 Å². The Balaban J connectivity index is 1.61. The Kier molecular flexibility index (Phi) is 4.47. The highest BCUT2D eigenvalue weighted by atomic mass is 35.5. The molecule has 4 rings (SSSR count). The molecule has 1 unspecified atom stereocenters. The fourth-order valence-corrected chi connectivity index (χ4v) is 3.83. The Morgan fingerprint density at radius 3 is 3.00 bits per heavy atom. The van der Waals surface area contributed by atoms with Crippen molar-refractivity contribution in [2.45, 2.75) is 25.8 Å². The van der Waals surface area contributed by atoms with Gasteiger partial charge in [-0.25, -0.2) is 9.37 Å². The molecular formula is C19H18ClFN4O2. The van der Waals surface area contributed by atoms with Crippen molar-refractivity contribution in [3.05, 3.63) is 46.9 Å². The second-order valence-corrected chi connectivity index (χ2v) is 7.22. The molecule has 2 aliphatic heterocycles. The van der Waals surface area contributed by atoms with Gasteiger partial charge in [-0.1, -0.05) is 11.6 Å². The Bertz CT molecular complexity index is 936. The van der Waals surface area contributed by atoms with Crippen LogP contribution in [0.3, 0.4) is 0 Å². The second kappa shape index (κ2) is 6.81. The molecule has 0 radical (unpaired) electrons. The van der Waals surface area contributed by atoms with Crippen molar-refractivity contribution in [3.63, 3.8) is 0 Å². The number of nitrogens with one attached hydrogen (secondary N) is 1. The van der Waals surface area contributed by atoms with E-state index in [1.165, 1.54) is 23.1 Å². The normalized spacial score (nSPS) is 18.3. The maximum absolute atomic E-state index is 13.2. The Labute approximate surface area is 160 Å². The van der Waals surface area contributed by atoms with Gasteiger partial charge in [-0.2, -0.15) is 0 Å². The van der Waals surface area contributed by atoms with Crippen LogP contribution in [0, 0.1) is 12.7 Å². The molecule has 0 spiro atoms. The van der Waals surface area contributed by atoms with Gasteiger partial charge in [0.2, 0.25) is 11.8 Å². The number of nitrogens with zero attached hydrogens (tertiary/aromatic N) is 3. The van der Waals surface area contributed by atoms with E-state index in [0.717, 1.165) is 19.4 Å². The third-order valence-electron chi connectivity index (χ3n) is 4.94. The number of carbonyl (C=O) groups excluding carboxylic acids is 2. The molecule has 2 aromatic rings. The van der Waals surface area contributed by atoms with E-state index in [1.54, 1.807) is 19.2 Å². The molecular weight excluding hydrogens is 371 g/mol. The van der Waals surface area contributed by atoms with Crippen molar-refractivity contribution < 1.29 is 14.0 Å². The minimum absolute atomic E-state index is 0.130. The van der Waals surface area contributed by atoms with Gasteiger partial charge in [0.15, 0.2) is 5.82 Å². The van der Waals surface area contributed by atoms with E-state index in [1.807, 2.05) is 4.90 Å². The van der Waals surface area contributed by atoms with E-state index in [4.69, 9.17) is 11.6 Å². The van der Waals surface area contributed by atoms with Crippen LogP contribution in [0.25, 0.3) is 0 Å². The van der Waals surface area contributed by atoms with Gasteiger partial charge in [-0.05, 0) is 49.6 Å². The molecule has 1 aromatic heterocycles. The van der Waals surface area contributed by atoms with Gasteiger partial charge in [-0.3, -0.25) is 14.5 Å². The third kappa shape index (κ3) is 3.23. The highest BCUT2D eigenvalue weighted by Crippen LogP contribution is 2.39. The summed E-state index contributed by atoms with van der Waals surface area (Å²) in [5.41, 5.74) is 1.66. The summed E-state index contributed by atoms with van der Waals surface area (Å²) >= 11 is 6.08. The maximum atomic E-state index is 13.2. The van der Waals surface area contributed by atoms with Crippen LogP contribution < -0.4 is 15.1 Å². The fourth-order valence-electron chi connectivity index (χ4n) is 3.68. The average molecular weight is 389 g/mol. The fraction of sp³-hybridized carbons (Fsp3) is 0.316. The number of amides is 2. The molecule has 2 amide bonds. The van der Waals surface area contributed by atoms with Crippen molar-refractivity contribution in [1.29, 1.82) is 0 Å². The minimum atomic E-state index is -0.368. The Morgan fingerprint density at radius 2 is 2.22 bits per heavy atom. The molecule has 1 saturated heterocycles. The molecule has 27 heavy (non-hydrogen) atoms. The molecule has 1 atom stereocenters. The SMILES string of the molecule is Cc1cc(F)ccc1NC(=O)CN1C(=O)C2CCCN2c2ncc(Cl)cc21. The minimum Gasteiger partial charge on any atom is -0.343 e. The summed E-state index contributed by atoms with van der Waals surface area (Å²) in [7, 11) is 0. The van der Waals surface area contributed by atoms with E-state index in [-0.39, 0.29) is 30.2 Å². The maximum Gasteiger partial charge on any atom is 0.250 e. The topological polar surface area (TPSA) is 65.5 Å². The Hall–Kier alpha value is -2.67. The van der Waals surface area contributed by atoms with Crippen molar-refractivity contribution in [3.8, 4) is 0 Å². The van der Waals surface area contributed by atoms with E-state index in [2.05, 4.69) is 10.3 Å². The summed E-state index contributed by atoms with van der Waals surface area (Å²) in [5.74, 6) is -0.189. The van der Waals surface area contributed by atoms with Crippen LogP contribution in [0.2, 0.25) is 5.02 Å². The lowest BCUT2D eigenvalue weighted by molar-refractivity contribution is -0.122. The van der Waals surface area contributed by atoms with Gasteiger partial charge in [0.05, 0.1) is 10.7 Å². The van der Waals surface area contributed by atoms with Gasteiger partial charge in [-0.15, -0.1) is 0 Å². The van der Waals surface area contributed by atoms with Crippen molar-refractivity contribution in [2.24, 2.45) is 0 Å². The first-order valence-corrected chi connectivity index (χ1v) is 9.11. The lowest BCUT2D eigenvalue weighted by atomic mass is 10.1. The number of rotatable bonds is 3. The molecule has 0 aliphatic carbocycles. The molecule has 1 N–H and O–H groups in total. The summed E-state index contributed by atoms with van der Waals surface area (Å²) in [4.78, 5) is 33.4. The lowest BCUT2D eigenvalue weighted by Crippen LogP contribution is -2.53. The quantitative estimate of drug-likeness (QED) is 0.877. The number of hydrogen-bond acceptors (Lipinski definition) is 4. The molecule has 8 heteroatoms. The van der Waals surface area contributed by atoms with Crippen LogP contribution in [-0.4, -0.2) is 35.9 Å². The standard InChI is InChI=1S/C19H18ClFN4O2/c1-11-7-13(21)4-5-14(11)23-17(26)10-25-16-8-12(20)9-22-18(16)24-6-2-3-15(24)19(25)27/h4-5,7-9,15H,2-3,6,10H2,1H3,(H,23,26). The largest absolute Gasteiger partial charge is 0.343 e. The highest BCUT2D eigenvalue weighted by molar-refractivity contribution is 6.31. The van der Waals surface area contributed by atoms with Gasteiger partial charge < -0.3 is 10.2 Å². The molecule has 1 fully saturated rings. The number of fused-ring (bicyclic) bond motifs is 3. The van der Waals surface area contributed by atoms with Crippen LogP contribution in [0.4, 0.5) is 21.6 Å². The lowest BCUT2D eigenvalue weighted by Gasteiger charge is -2.38. The number of anilines is 3. The monoisotopic (exact) mass is 388 g/mol. The Morgan fingerprint density at radius 1 is 1.41 bits per heavy atom. The third-order valence-corrected chi connectivity index (χ3v) is 5.15. The predicted octanol–water partition coefficient (Wildman–Crippen LogP) is 3.14. The van der Waals surface area contributed by atoms with Crippen LogP contribution >= 0.6 is 11.6 Å². The zero-order valence-corrected chi connectivity index (χ0v) is 15.5. The summed E-state index contributed by atoms with van der Waals surface area (Å²) in [6.45, 7) is 2.31. The summed E-state index contributed by atoms with van der Waals surface area (Å²) in [6, 6.07) is 5.49. The van der Waals surface area contributed by atoms with Crippen LogP contribution in [0.15, 0.2) is 30.5 Å². The number of pyridine rings is 1. The first-order valence-electron chi connectivity index (χ1n) is 8.73. The van der Waals surface area contributed by atoms with Crippen LogP contribution in [0.5, 0.6) is 0 Å². The molecule has 3 heterocycles. The van der Waals surface area contributed by atoms with Gasteiger partial charge in [0.25, 0.3) is 0 Å². The average Bonchev–Trinajstić information content (AvgIpc) is 3.11. The summed E-state index contributed by atoms with van der Waals surface area (Å²) in [5, 5.41) is 3.15. The van der Waals surface area contributed by atoms with E-state index < -0.39 is 0 Å². The van der Waals surface area contributed by atoms with Crippen molar-refractivity contribution in [1.82, 2.24) is 4.98 Å². The van der Waals surface area contributed by atoms with Crippen molar-refractivity contribution >= 4 is 40.6 Å². The van der Waals surface area contributed by atoms with E-state index in [0.29, 0.717) is 27.8 Å². The zero-order valence-electron chi connectivity index (χ0n) is 14.7. The number of carbonyl (C=O) groups is 2. The number of benzene rings is 1. The zero-order chi connectivity index (χ0) is 19.1. The number of halogens is 2. The van der Waals surface area contributed by atoms with E-state index in [9.17, 15) is 14.0 Å². The highest BCUT2D eigenvalue weighted by Gasteiger charge is 2.42. The molecule has 140 valence electrons. The van der Waals surface area contributed by atoms with Gasteiger partial charge in [0.1, 0.15) is 18.4 Å². The van der Waals surface area contributed by atoms with Gasteiger partial charge >= 0.3 is 0 Å². The smallest absolute Gasteiger partial charge is 0.250 e. The van der Waals surface area contributed by atoms with Crippen molar-refractivity contribution in [2.75, 3.05) is 28.2 Å². The summed E-state index contributed by atoms with van der Waals surface area (Å²) < 4.78 is 13.2. The number of aromatic nitrogens is 1. The molecule has 0 saturated carbocycles. The van der Waals surface area contributed by atoms with E-state index >= 15 is 0 Å². The number of aryl methyl sites for hydroxylation is 1. The number of hydrogen-bond donors (Lipinski definition) is 1.